The number of ether oxygens (including phenoxy) is 2. The highest BCUT2D eigenvalue weighted by Crippen LogP contribution is 2.27. The Morgan fingerprint density at radius 3 is 3.00 bits per heavy atom. The van der Waals surface area contributed by atoms with E-state index in [0.29, 0.717) is 12.4 Å². The van der Waals surface area contributed by atoms with Gasteiger partial charge in [0.15, 0.2) is 0 Å². The Kier molecular flexibility index (Phi) is 3.97. The molecule has 0 saturated carbocycles. The average Bonchev–Trinajstić information content (AvgIpc) is 2.30. The largest absolute Gasteiger partial charge is 0.488 e. The van der Waals surface area contributed by atoms with Crippen molar-refractivity contribution in [2.24, 2.45) is 5.73 Å². The van der Waals surface area contributed by atoms with Crippen molar-refractivity contribution < 1.29 is 13.9 Å². The van der Waals surface area contributed by atoms with E-state index < -0.39 is 0 Å². The molecule has 0 spiro atoms. The van der Waals surface area contributed by atoms with Crippen LogP contribution in [0.25, 0.3) is 0 Å². The zero-order valence-corrected chi connectivity index (χ0v) is 9.99. The fourth-order valence-electron chi connectivity index (χ4n) is 1.97. The maximum atomic E-state index is 13.2. The molecule has 0 aromatic heterocycles. The summed E-state index contributed by atoms with van der Waals surface area (Å²) in [6.07, 6.45) is 1.92. The minimum Gasteiger partial charge on any atom is -0.488 e. The van der Waals surface area contributed by atoms with Crippen molar-refractivity contribution in [3.05, 3.63) is 29.6 Å². The zero-order valence-electron chi connectivity index (χ0n) is 9.99. The van der Waals surface area contributed by atoms with Gasteiger partial charge in [0.05, 0.1) is 6.61 Å². The molecular formula is C13H18FNO2. The molecule has 1 aromatic carbocycles. The smallest absolute Gasteiger partial charge is 0.127 e. The fraction of sp³-hybridized carbons (Fsp3) is 0.538. The van der Waals surface area contributed by atoms with Crippen LogP contribution in [0.2, 0.25) is 0 Å². The number of nitrogens with two attached hydrogens (primary N) is 1. The standard InChI is InChI=1S/C13H18FNO2/c1-9(15)12-5-4-10(14)7-13(12)17-11-3-2-6-16-8-11/h4-5,7,9,11H,2-3,6,8,15H2,1H3. The molecule has 1 aliphatic rings. The minimum atomic E-state index is -0.305. The molecule has 2 unspecified atom stereocenters. The van der Waals surface area contributed by atoms with Crippen molar-refractivity contribution in [1.82, 2.24) is 0 Å². The van der Waals surface area contributed by atoms with Crippen molar-refractivity contribution in [2.75, 3.05) is 13.2 Å². The lowest BCUT2D eigenvalue weighted by molar-refractivity contribution is 0.00681. The van der Waals surface area contributed by atoms with Gasteiger partial charge in [-0.25, -0.2) is 4.39 Å². The van der Waals surface area contributed by atoms with E-state index in [4.69, 9.17) is 15.2 Å². The summed E-state index contributed by atoms with van der Waals surface area (Å²) >= 11 is 0. The Balaban J connectivity index is 2.14. The van der Waals surface area contributed by atoms with Crippen LogP contribution in [0.5, 0.6) is 5.75 Å². The van der Waals surface area contributed by atoms with Gasteiger partial charge in [-0.15, -0.1) is 0 Å². The van der Waals surface area contributed by atoms with Crippen molar-refractivity contribution in [2.45, 2.75) is 31.9 Å². The first-order valence-electron chi connectivity index (χ1n) is 5.96. The second-order valence-electron chi connectivity index (χ2n) is 4.43. The molecule has 1 fully saturated rings. The van der Waals surface area contributed by atoms with Gasteiger partial charge in [-0.3, -0.25) is 0 Å². The van der Waals surface area contributed by atoms with Crippen LogP contribution in [0, 0.1) is 5.82 Å². The van der Waals surface area contributed by atoms with Crippen molar-refractivity contribution in [1.29, 1.82) is 0 Å². The highest BCUT2D eigenvalue weighted by atomic mass is 19.1. The normalized spacial score (nSPS) is 22.2. The Morgan fingerprint density at radius 2 is 2.35 bits per heavy atom. The molecule has 94 valence electrons. The lowest BCUT2D eigenvalue weighted by Crippen LogP contribution is -2.28. The molecular weight excluding hydrogens is 221 g/mol. The maximum Gasteiger partial charge on any atom is 0.127 e. The van der Waals surface area contributed by atoms with Crippen LogP contribution < -0.4 is 10.5 Å². The van der Waals surface area contributed by atoms with Crippen LogP contribution in [0.1, 0.15) is 31.4 Å². The zero-order chi connectivity index (χ0) is 12.3. The summed E-state index contributed by atoms with van der Waals surface area (Å²) in [5.74, 6) is 0.233. The van der Waals surface area contributed by atoms with Gasteiger partial charge in [-0.1, -0.05) is 6.07 Å². The van der Waals surface area contributed by atoms with Crippen molar-refractivity contribution >= 4 is 0 Å². The third kappa shape index (κ3) is 3.17. The molecule has 1 saturated heterocycles. The number of hydrogen-bond acceptors (Lipinski definition) is 3. The van der Waals surface area contributed by atoms with Crippen LogP contribution in [0.3, 0.4) is 0 Å². The summed E-state index contributed by atoms with van der Waals surface area (Å²) in [5.41, 5.74) is 6.67. The third-order valence-electron chi connectivity index (χ3n) is 2.88. The molecule has 1 aromatic rings. The van der Waals surface area contributed by atoms with E-state index in [1.165, 1.54) is 12.1 Å². The van der Waals surface area contributed by atoms with Gasteiger partial charge in [0.2, 0.25) is 0 Å². The Hall–Kier alpha value is -1.13. The van der Waals surface area contributed by atoms with E-state index in [1.807, 2.05) is 6.92 Å². The van der Waals surface area contributed by atoms with Gasteiger partial charge in [-0.05, 0) is 25.8 Å². The Bertz CT molecular complexity index is 376. The van der Waals surface area contributed by atoms with Gasteiger partial charge >= 0.3 is 0 Å². The summed E-state index contributed by atoms with van der Waals surface area (Å²) in [6.45, 7) is 3.20. The quantitative estimate of drug-likeness (QED) is 0.881. The van der Waals surface area contributed by atoms with Gasteiger partial charge in [0, 0.05) is 24.3 Å². The number of halogens is 1. The van der Waals surface area contributed by atoms with E-state index in [0.717, 1.165) is 25.0 Å². The van der Waals surface area contributed by atoms with E-state index in [-0.39, 0.29) is 18.0 Å². The van der Waals surface area contributed by atoms with Crippen LogP contribution >= 0.6 is 0 Å². The highest BCUT2D eigenvalue weighted by molar-refractivity contribution is 5.36. The van der Waals surface area contributed by atoms with E-state index in [2.05, 4.69) is 0 Å². The first-order valence-corrected chi connectivity index (χ1v) is 5.96. The fourth-order valence-corrected chi connectivity index (χ4v) is 1.97. The SMILES string of the molecule is CC(N)c1ccc(F)cc1OC1CCCOC1. The average molecular weight is 239 g/mol. The number of rotatable bonds is 3. The minimum absolute atomic E-state index is 0.00282. The first kappa shape index (κ1) is 12.3. The van der Waals surface area contributed by atoms with E-state index in [1.54, 1.807) is 6.07 Å². The highest BCUT2D eigenvalue weighted by Gasteiger charge is 2.18. The summed E-state index contributed by atoms with van der Waals surface area (Å²) in [5, 5.41) is 0. The molecule has 1 aliphatic heterocycles. The van der Waals surface area contributed by atoms with Crippen LogP contribution in [-0.2, 0) is 4.74 Å². The molecule has 0 aliphatic carbocycles. The number of hydrogen-bond donors (Lipinski definition) is 1. The molecule has 0 bridgehead atoms. The molecule has 0 radical (unpaired) electrons. The van der Waals surface area contributed by atoms with Crippen LogP contribution in [-0.4, -0.2) is 19.3 Å². The van der Waals surface area contributed by atoms with Gasteiger partial charge < -0.3 is 15.2 Å². The molecule has 17 heavy (non-hydrogen) atoms. The predicted molar refractivity (Wildman–Crippen MR) is 63.5 cm³/mol. The molecule has 1 heterocycles. The lowest BCUT2D eigenvalue weighted by Gasteiger charge is -2.25. The topological polar surface area (TPSA) is 44.5 Å². The molecule has 2 atom stereocenters. The molecule has 2 rings (SSSR count). The van der Waals surface area contributed by atoms with Gasteiger partial charge in [0.25, 0.3) is 0 Å². The van der Waals surface area contributed by atoms with Crippen molar-refractivity contribution in [3.8, 4) is 5.75 Å². The lowest BCUT2D eigenvalue weighted by atomic mass is 10.1. The van der Waals surface area contributed by atoms with E-state index >= 15 is 0 Å². The van der Waals surface area contributed by atoms with Gasteiger partial charge in [0.1, 0.15) is 17.7 Å². The summed E-state index contributed by atoms with van der Waals surface area (Å²) in [6, 6.07) is 4.31. The van der Waals surface area contributed by atoms with Crippen LogP contribution in [0.4, 0.5) is 4.39 Å². The Morgan fingerprint density at radius 1 is 1.53 bits per heavy atom. The first-order chi connectivity index (χ1) is 8.16. The third-order valence-corrected chi connectivity index (χ3v) is 2.88. The second kappa shape index (κ2) is 5.47. The van der Waals surface area contributed by atoms with Gasteiger partial charge in [-0.2, -0.15) is 0 Å². The van der Waals surface area contributed by atoms with Crippen molar-refractivity contribution in [3.63, 3.8) is 0 Å². The molecule has 4 heteroatoms. The molecule has 0 amide bonds. The predicted octanol–water partition coefficient (Wildman–Crippen LogP) is 2.40. The van der Waals surface area contributed by atoms with Crippen LogP contribution in [0.15, 0.2) is 18.2 Å². The summed E-state index contributed by atoms with van der Waals surface area (Å²) in [7, 11) is 0. The summed E-state index contributed by atoms with van der Waals surface area (Å²) in [4.78, 5) is 0. The summed E-state index contributed by atoms with van der Waals surface area (Å²) < 4.78 is 24.3. The monoisotopic (exact) mass is 239 g/mol. The number of benzene rings is 1. The molecule has 3 nitrogen and oxygen atoms in total. The van der Waals surface area contributed by atoms with E-state index in [9.17, 15) is 4.39 Å². The maximum absolute atomic E-state index is 13.2. The second-order valence-corrected chi connectivity index (χ2v) is 4.43. The molecule has 2 N–H and O–H groups in total. The Labute approximate surface area is 101 Å².